The first kappa shape index (κ1) is 13.5. The van der Waals surface area contributed by atoms with E-state index in [1.807, 2.05) is 0 Å². The lowest BCUT2D eigenvalue weighted by Gasteiger charge is -2.05. The van der Waals surface area contributed by atoms with Gasteiger partial charge in [0.1, 0.15) is 12.1 Å². The van der Waals surface area contributed by atoms with E-state index in [1.165, 1.54) is 19.2 Å². The summed E-state index contributed by atoms with van der Waals surface area (Å²) in [6.45, 7) is 0. The highest BCUT2D eigenvalue weighted by atomic mass is 35.5. The fourth-order valence-electron chi connectivity index (χ4n) is 1.06. The molecule has 0 amide bonds. The Morgan fingerprint density at radius 3 is 2.67 bits per heavy atom. The molecule has 0 saturated carbocycles. The molecule has 90 valence electrons. The maximum absolute atomic E-state index is 11.4. The summed E-state index contributed by atoms with van der Waals surface area (Å²) >= 11 is 5.82. The average Bonchev–Trinajstić information content (AvgIpc) is 2.40. The molecule has 0 aliphatic rings. The molecule has 0 aromatic heterocycles. The molecule has 0 aliphatic carbocycles. The third-order valence-electron chi connectivity index (χ3n) is 1.88. The Labute approximate surface area is 108 Å². The molecule has 0 atom stereocenters. The van der Waals surface area contributed by atoms with E-state index in [4.69, 9.17) is 22.1 Å². The molecular weight excluding hydrogens is 256 g/mol. The van der Waals surface area contributed by atoms with E-state index >= 15 is 0 Å². The van der Waals surface area contributed by atoms with E-state index in [2.05, 4.69) is 15.3 Å². The number of nitrogens with zero attached hydrogens (tertiary/aromatic N) is 3. The normalized spacial score (nSPS) is 8.67. The second kappa shape index (κ2) is 6.24. The molecule has 0 aliphatic heterocycles. The number of nitrogens with one attached hydrogen (secondary N) is 1. The molecule has 18 heavy (non-hydrogen) atoms. The zero-order chi connectivity index (χ0) is 13.5. The standard InChI is InChI=1S/C11H7ClN4O2/c1-18-11(17)9-4-7(2-3-10(9)12)15-16-8(5-13)6-14/h2-4,15H,1H3. The third kappa shape index (κ3) is 3.21. The Kier molecular flexibility index (Phi) is 4.67. The van der Waals surface area contributed by atoms with Crippen molar-refractivity contribution in [2.24, 2.45) is 5.10 Å². The van der Waals surface area contributed by atoms with Crippen LogP contribution in [0, 0.1) is 22.7 Å². The Bertz CT molecular complexity index is 568. The fraction of sp³-hybridized carbons (Fsp3) is 0.0909. The Morgan fingerprint density at radius 2 is 2.11 bits per heavy atom. The van der Waals surface area contributed by atoms with Gasteiger partial charge in [-0.05, 0) is 18.2 Å². The van der Waals surface area contributed by atoms with Crippen LogP contribution in [0.3, 0.4) is 0 Å². The highest BCUT2D eigenvalue weighted by molar-refractivity contribution is 6.33. The van der Waals surface area contributed by atoms with E-state index < -0.39 is 5.97 Å². The Balaban J connectivity index is 3.01. The summed E-state index contributed by atoms with van der Waals surface area (Å²) in [7, 11) is 1.24. The number of hydrazone groups is 1. The minimum Gasteiger partial charge on any atom is -0.465 e. The minimum atomic E-state index is -0.589. The number of anilines is 1. The smallest absolute Gasteiger partial charge is 0.339 e. The van der Waals surface area contributed by atoms with Crippen molar-refractivity contribution in [3.05, 3.63) is 28.8 Å². The van der Waals surface area contributed by atoms with E-state index in [0.29, 0.717) is 5.69 Å². The lowest BCUT2D eigenvalue weighted by molar-refractivity contribution is 0.0601. The number of ether oxygens (including phenoxy) is 1. The first-order chi connectivity index (χ1) is 8.62. The summed E-state index contributed by atoms with van der Waals surface area (Å²) in [6.07, 6.45) is 0. The highest BCUT2D eigenvalue weighted by Crippen LogP contribution is 2.21. The van der Waals surface area contributed by atoms with Crippen molar-refractivity contribution >= 4 is 29.0 Å². The molecule has 1 aromatic carbocycles. The summed E-state index contributed by atoms with van der Waals surface area (Å²) < 4.78 is 4.55. The van der Waals surface area contributed by atoms with Crippen LogP contribution < -0.4 is 5.43 Å². The number of halogens is 1. The van der Waals surface area contributed by atoms with Gasteiger partial charge in [0, 0.05) is 0 Å². The van der Waals surface area contributed by atoms with E-state index in [1.54, 1.807) is 18.2 Å². The van der Waals surface area contributed by atoms with Crippen molar-refractivity contribution in [2.75, 3.05) is 12.5 Å². The van der Waals surface area contributed by atoms with Gasteiger partial charge in [0.2, 0.25) is 5.71 Å². The molecule has 1 rings (SSSR count). The quantitative estimate of drug-likeness (QED) is 0.510. The molecule has 1 aromatic rings. The monoisotopic (exact) mass is 262 g/mol. The van der Waals surface area contributed by atoms with Crippen LogP contribution >= 0.6 is 11.6 Å². The van der Waals surface area contributed by atoms with Crippen molar-refractivity contribution in [1.29, 1.82) is 10.5 Å². The summed E-state index contributed by atoms with van der Waals surface area (Å²) in [5.41, 5.74) is 2.71. The van der Waals surface area contributed by atoms with Gasteiger partial charge in [-0.15, -0.1) is 0 Å². The van der Waals surface area contributed by atoms with Crippen molar-refractivity contribution < 1.29 is 9.53 Å². The first-order valence-corrected chi connectivity index (χ1v) is 5.02. The molecule has 0 bridgehead atoms. The predicted octanol–water partition coefficient (Wildman–Crippen LogP) is 1.94. The number of hydrogen-bond donors (Lipinski definition) is 1. The number of carbonyl (C=O) groups excluding carboxylic acids is 1. The second-order valence-corrected chi connectivity index (χ2v) is 3.39. The zero-order valence-corrected chi connectivity index (χ0v) is 10.0. The van der Waals surface area contributed by atoms with E-state index in [9.17, 15) is 4.79 Å². The van der Waals surface area contributed by atoms with Crippen LogP contribution in [0.15, 0.2) is 23.3 Å². The molecule has 6 nitrogen and oxygen atoms in total. The van der Waals surface area contributed by atoms with Gasteiger partial charge < -0.3 is 4.74 Å². The summed E-state index contributed by atoms with van der Waals surface area (Å²) in [5, 5.41) is 20.8. The fourth-order valence-corrected chi connectivity index (χ4v) is 1.25. The Morgan fingerprint density at radius 1 is 1.44 bits per heavy atom. The topological polar surface area (TPSA) is 98.3 Å². The molecule has 0 unspecified atom stereocenters. The molecular formula is C11H7ClN4O2. The van der Waals surface area contributed by atoms with Gasteiger partial charge in [-0.2, -0.15) is 15.6 Å². The van der Waals surface area contributed by atoms with E-state index in [-0.39, 0.29) is 16.3 Å². The molecule has 7 heteroatoms. The Hall–Kier alpha value is -2.57. The number of methoxy groups -OCH3 is 1. The third-order valence-corrected chi connectivity index (χ3v) is 2.21. The molecule has 0 spiro atoms. The maximum Gasteiger partial charge on any atom is 0.339 e. The van der Waals surface area contributed by atoms with Crippen LogP contribution in [-0.2, 0) is 4.74 Å². The SMILES string of the molecule is COC(=O)c1cc(NN=C(C#N)C#N)ccc1Cl. The number of rotatable bonds is 3. The van der Waals surface area contributed by atoms with Crippen LogP contribution in [0.1, 0.15) is 10.4 Å². The van der Waals surface area contributed by atoms with Gasteiger partial charge in [0.15, 0.2) is 0 Å². The highest BCUT2D eigenvalue weighted by Gasteiger charge is 2.11. The maximum atomic E-state index is 11.4. The van der Waals surface area contributed by atoms with Crippen molar-refractivity contribution in [3.8, 4) is 12.1 Å². The number of benzene rings is 1. The van der Waals surface area contributed by atoms with Crippen molar-refractivity contribution in [2.45, 2.75) is 0 Å². The predicted molar refractivity (Wildman–Crippen MR) is 65.1 cm³/mol. The van der Waals surface area contributed by atoms with Gasteiger partial charge in [-0.1, -0.05) is 11.6 Å². The molecule has 0 fully saturated rings. The van der Waals surface area contributed by atoms with Crippen LogP contribution in [-0.4, -0.2) is 18.8 Å². The van der Waals surface area contributed by atoms with Gasteiger partial charge in [0.05, 0.1) is 23.4 Å². The zero-order valence-electron chi connectivity index (χ0n) is 9.27. The molecule has 0 heterocycles. The van der Waals surface area contributed by atoms with Crippen LogP contribution in [0.2, 0.25) is 5.02 Å². The summed E-state index contributed by atoms with van der Waals surface area (Å²) in [5.74, 6) is -0.589. The summed E-state index contributed by atoms with van der Waals surface area (Å²) in [4.78, 5) is 11.4. The number of carbonyl (C=O) groups is 1. The molecule has 0 radical (unpaired) electrons. The van der Waals surface area contributed by atoms with Gasteiger partial charge in [-0.3, -0.25) is 5.43 Å². The van der Waals surface area contributed by atoms with Gasteiger partial charge >= 0.3 is 5.97 Å². The molecule has 1 N–H and O–H groups in total. The lowest BCUT2D eigenvalue weighted by atomic mass is 10.2. The van der Waals surface area contributed by atoms with Crippen LogP contribution in [0.5, 0.6) is 0 Å². The average molecular weight is 263 g/mol. The second-order valence-electron chi connectivity index (χ2n) is 2.98. The lowest BCUT2D eigenvalue weighted by Crippen LogP contribution is -2.03. The van der Waals surface area contributed by atoms with Crippen molar-refractivity contribution in [1.82, 2.24) is 0 Å². The first-order valence-electron chi connectivity index (χ1n) is 4.64. The van der Waals surface area contributed by atoms with Gasteiger partial charge in [-0.25, -0.2) is 4.79 Å². The van der Waals surface area contributed by atoms with Crippen LogP contribution in [0.4, 0.5) is 5.69 Å². The van der Waals surface area contributed by atoms with Crippen molar-refractivity contribution in [3.63, 3.8) is 0 Å². The van der Waals surface area contributed by atoms with Crippen LogP contribution in [0.25, 0.3) is 0 Å². The summed E-state index contributed by atoms with van der Waals surface area (Å²) in [6, 6.07) is 7.61. The number of esters is 1. The number of nitriles is 2. The molecule has 0 saturated heterocycles. The van der Waals surface area contributed by atoms with E-state index in [0.717, 1.165) is 0 Å². The number of hydrogen-bond acceptors (Lipinski definition) is 6. The largest absolute Gasteiger partial charge is 0.465 e. The van der Waals surface area contributed by atoms with Gasteiger partial charge in [0.25, 0.3) is 0 Å². The minimum absolute atomic E-state index is 0.162.